The number of alkyl halides is 3. The Morgan fingerprint density at radius 2 is 2.04 bits per heavy atom. The average Bonchev–Trinajstić information content (AvgIpc) is 2.52. The van der Waals surface area contributed by atoms with E-state index in [4.69, 9.17) is 0 Å². The van der Waals surface area contributed by atoms with Crippen molar-refractivity contribution >= 4 is 17.4 Å². The first-order valence-corrected chi connectivity index (χ1v) is 6.98. The molecule has 0 bridgehead atoms. The zero-order valence-electron chi connectivity index (χ0n) is 12.8. The molecule has 0 unspecified atom stereocenters. The SMILES string of the molecule is C=CCNc1cc(C(=O)Nc2cccc(C(F)(F)F)c2)nc(C)n1. The molecule has 0 aliphatic carbocycles. The normalized spacial score (nSPS) is 11.0. The summed E-state index contributed by atoms with van der Waals surface area (Å²) >= 11 is 0. The Balaban J connectivity index is 2.21. The Hall–Kier alpha value is -2.90. The molecule has 1 aromatic heterocycles. The number of nitrogens with zero attached hydrogens (tertiary/aromatic N) is 2. The summed E-state index contributed by atoms with van der Waals surface area (Å²) in [5.74, 6) is 0.163. The van der Waals surface area contributed by atoms with Crippen molar-refractivity contribution in [2.24, 2.45) is 0 Å². The molecule has 126 valence electrons. The van der Waals surface area contributed by atoms with Crippen LogP contribution in [0.25, 0.3) is 0 Å². The van der Waals surface area contributed by atoms with Crippen molar-refractivity contribution in [2.45, 2.75) is 13.1 Å². The van der Waals surface area contributed by atoms with E-state index < -0.39 is 17.6 Å². The second-order valence-electron chi connectivity index (χ2n) is 4.89. The van der Waals surface area contributed by atoms with Gasteiger partial charge in [-0.3, -0.25) is 4.79 Å². The van der Waals surface area contributed by atoms with Crippen LogP contribution in [-0.4, -0.2) is 22.4 Å². The molecular formula is C16H15F3N4O. The van der Waals surface area contributed by atoms with E-state index in [-0.39, 0.29) is 11.4 Å². The van der Waals surface area contributed by atoms with Gasteiger partial charge in [0.25, 0.3) is 5.91 Å². The van der Waals surface area contributed by atoms with E-state index in [9.17, 15) is 18.0 Å². The largest absolute Gasteiger partial charge is 0.416 e. The van der Waals surface area contributed by atoms with Crippen LogP contribution in [0.2, 0.25) is 0 Å². The molecule has 0 spiro atoms. The van der Waals surface area contributed by atoms with E-state index in [0.29, 0.717) is 18.2 Å². The van der Waals surface area contributed by atoms with Gasteiger partial charge in [0.2, 0.25) is 0 Å². The molecule has 1 aromatic carbocycles. The minimum absolute atomic E-state index is 0.0340. The molecule has 2 N–H and O–H groups in total. The molecule has 0 aliphatic heterocycles. The molecule has 24 heavy (non-hydrogen) atoms. The van der Waals surface area contributed by atoms with Crippen LogP contribution >= 0.6 is 0 Å². The molecule has 5 nitrogen and oxygen atoms in total. The third kappa shape index (κ3) is 4.55. The topological polar surface area (TPSA) is 66.9 Å². The van der Waals surface area contributed by atoms with Gasteiger partial charge in [-0.25, -0.2) is 9.97 Å². The number of carbonyl (C=O) groups is 1. The number of rotatable bonds is 5. The highest BCUT2D eigenvalue weighted by molar-refractivity contribution is 6.03. The van der Waals surface area contributed by atoms with Gasteiger partial charge in [-0.1, -0.05) is 12.1 Å². The monoisotopic (exact) mass is 336 g/mol. The number of benzene rings is 1. The predicted octanol–water partition coefficient (Wildman–Crippen LogP) is 3.65. The second-order valence-corrected chi connectivity index (χ2v) is 4.89. The molecule has 0 saturated carbocycles. The maximum absolute atomic E-state index is 12.7. The quantitative estimate of drug-likeness (QED) is 0.818. The van der Waals surface area contributed by atoms with Crippen molar-refractivity contribution in [3.05, 3.63) is 60.1 Å². The number of hydrogen-bond donors (Lipinski definition) is 2. The van der Waals surface area contributed by atoms with E-state index in [1.807, 2.05) is 0 Å². The van der Waals surface area contributed by atoms with Crippen molar-refractivity contribution in [1.29, 1.82) is 0 Å². The Kier molecular flexibility index (Phi) is 5.18. The highest BCUT2D eigenvalue weighted by Gasteiger charge is 2.30. The van der Waals surface area contributed by atoms with Crippen molar-refractivity contribution in [3.8, 4) is 0 Å². The van der Waals surface area contributed by atoms with Crippen molar-refractivity contribution in [3.63, 3.8) is 0 Å². The van der Waals surface area contributed by atoms with Crippen LogP contribution in [0.15, 0.2) is 43.0 Å². The molecule has 0 atom stereocenters. The van der Waals surface area contributed by atoms with Crippen molar-refractivity contribution in [2.75, 3.05) is 17.2 Å². The highest BCUT2D eigenvalue weighted by atomic mass is 19.4. The lowest BCUT2D eigenvalue weighted by molar-refractivity contribution is -0.137. The van der Waals surface area contributed by atoms with Crippen LogP contribution in [0.3, 0.4) is 0 Å². The van der Waals surface area contributed by atoms with Gasteiger partial charge >= 0.3 is 6.18 Å². The first-order valence-electron chi connectivity index (χ1n) is 6.98. The molecule has 0 radical (unpaired) electrons. The van der Waals surface area contributed by atoms with Gasteiger partial charge in [-0.15, -0.1) is 6.58 Å². The number of aromatic nitrogens is 2. The Morgan fingerprint density at radius 3 is 2.71 bits per heavy atom. The van der Waals surface area contributed by atoms with E-state index in [0.717, 1.165) is 12.1 Å². The van der Waals surface area contributed by atoms with Crippen LogP contribution in [0.1, 0.15) is 21.9 Å². The van der Waals surface area contributed by atoms with Gasteiger partial charge in [0.15, 0.2) is 0 Å². The molecule has 0 fully saturated rings. The summed E-state index contributed by atoms with van der Waals surface area (Å²) in [7, 11) is 0. The fraction of sp³-hybridized carbons (Fsp3) is 0.188. The van der Waals surface area contributed by atoms with Crippen LogP contribution < -0.4 is 10.6 Å². The lowest BCUT2D eigenvalue weighted by Gasteiger charge is -2.10. The standard InChI is InChI=1S/C16H15F3N4O/c1-3-7-20-14-9-13(21-10(2)22-14)15(24)23-12-6-4-5-11(8-12)16(17,18)19/h3-6,8-9H,1,7H2,2H3,(H,23,24)(H,20,21,22). The molecular weight excluding hydrogens is 321 g/mol. The minimum atomic E-state index is -4.48. The summed E-state index contributed by atoms with van der Waals surface area (Å²) in [6, 6.07) is 5.81. The smallest absolute Gasteiger partial charge is 0.366 e. The van der Waals surface area contributed by atoms with Crippen molar-refractivity contribution < 1.29 is 18.0 Å². The minimum Gasteiger partial charge on any atom is -0.366 e. The van der Waals surface area contributed by atoms with Crippen LogP contribution in [0.5, 0.6) is 0 Å². The molecule has 2 rings (SSSR count). The number of carbonyl (C=O) groups excluding carboxylic acids is 1. The summed E-state index contributed by atoms with van der Waals surface area (Å²) in [4.78, 5) is 20.3. The van der Waals surface area contributed by atoms with Gasteiger partial charge in [0.1, 0.15) is 17.3 Å². The van der Waals surface area contributed by atoms with Crippen molar-refractivity contribution in [1.82, 2.24) is 9.97 Å². The lowest BCUT2D eigenvalue weighted by atomic mass is 10.2. The number of anilines is 2. The van der Waals surface area contributed by atoms with Crippen LogP contribution in [0.4, 0.5) is 24.7 Å². The van der Waals surface area contributed by atoms with Gasteiger partial charge < -0.3 is 10.6 Å². The highest BCUT2D eigenvalue weighted by Crippen LogP contribution is 2.30. The molecule has 1 amide bonds. The first kappa shape index (κ1) is 17.5. The lowest BCUT2D eigenvalue weighted by Crippen LogP contribution is -2.16. The van der Waals surface area contributed by atoms with Gasteiger partial charge in [0.05, 0.1) is 5.56 Å². The maximum Gasteiger partial charge on any atom is 0.416 e. The molecule has 1 heterocycles. The number of aryl methyl sites for hydroxylation is 1. The number of nitrogens with one attached hydrogen (secondary N) is 2. The van der Waals surface area contributed by atoms with Gasteiger partial charge in [-0.05, 0) is 25.1 Å². The Morgan fingerprint density at radius 1 is 1.29 bits per heavy atom. The summed E-state index contributed by atoms with van der Waals surface area (Å²) in [6.07, 6.45) is -2.85. The number of halogens is 3. The second kappa shape index (κ2) is 7.12. The van der Waals surface area contributed by atoms with Crippen LogP contribution in [-0.2, 0) is 6.18 Å². The molecule has 2 aromatic rings. The Labute approximate surface area is 136 Å². The van der Waals surface area contributed by atoms with Gasteiger partial charge in [0, 0.05) is 18.3 Å². The maximum atomic E-state index is 12.7. The third-order valence-corrected chi connectivity index (χ3v) is 2.95. The molecule has 8 heteroatoms. The predicted molar refractivity (Wildman–Crippen MR) is 84.9 cm³/mol. The summed E-state index contributed by atoms with van der Waals surface area (Å²) in [5.41, 5.74) is -0.759. The van der Waals surface area contributed by atoms with E-state index in [2.05, 4.69) is 27.2 Å². The summed E-state index contributed by atoms with van der Waals surface area (Å²) < 4.78 is 38.1. The molecule has 0 saturated heterocycles. The van der Waals surface area contributed by atoms with Crippen LogP contribution in [0, 0.1) is 6.92 Å². The van der Waals surface area contributed by atoms with E-state index >= 15 is 0 Å². The first-order chi connectivity index (χ1) is 11.3. The Bertz CT molecular complexity index is 759. The fourth-order valence-corrected chi connectivity index (χ4v) is 1.92. The number of amides is 1. The zero-order chi connectivity index (χ0) is 17.7. The zero-order valence-corrected chi connectivity index (χ0v) is 12.8. The summed E-state index contributed by atoms with van der Waals surface area (Å²) in [5, 5.41) is 5.33. The van der Waals surface area contributed by atoms with E-state index in [1.54, 1.807) is 13.0 Å². The average molecular weight is 336 g/mol. The fourth-order valence-electron chi connectivity index (χ4n) is 1.92. The summed E-state index contributed by atoms with van der Waals surface area (Å²) in [6.45, 7) is 5.62. The van der Waals surface area contributed by atoms with E-state index in [1.165, 1.54) is 18.2 Å². The van der Waals surface area contributed by atoms with Gasteiger partial charge in [-0.2, -0.15) is 13.2 Å². The molecule has 0 aliphatic rings. The third-order valence-electron chi connectivity index (χ3n) is 2.95. The number of hydrogen-bond acceptors (Lipinski definition) is 4.